The molecule has 0 saturated carbocycles. The van der Waals surface area contributed by atoms with E-state index in [0.29, 0.717) is 29.8 Å². The number of anilines is 1. The van der Waals surface area contributed by atoms with Crippen molar-refractivity contribution in [1.82, 2.24) is 4.98 Å². The number of phenols is 1. The third kappa shape index (κ3) is 5.98. The predicted molar refractivity (Wildman–Crippen MR) is 175 cm³/mol. The van der Waals surface area contributed by atoms with Gasteiger partial charge in [-0.3, -0.25) is 24.7 Å². The van der Waals surface area contributed by atoms with Crippen LogP contribution in [0.15, 0.2) is 78.0 Å². The van der Waals surface area contributed by atoms with Crippen LogP contribution in [0.5, 0.6) is 5.75 Å². The van der Waals surface area contributed by atoms with Crippen LogP contribution in [0.2, 0.25) is 11.3 Å². The van der Waals surface area contributed by atoms with Crippen molar-refractivity contribution in [3.05, 3.63) is 104 Å². The molecule has 3 heterocycles. The van der Waals surface area contributed by atoms with Gasteiger partial charge < -0.3 is 14.8 Å². The number of allylic oxidation sites excluding steroid dienone is 2. The number of pyridine rings is 1. The molecule has 1 aliphatic carbocycles. The molecule has 2 amide bonds. The topological polar surface area (TPSA) is 143 Å². The smallest absolute Gasteiger partial charge is 0.455 e. The summed E-state index contributed by atoms with van der Waals surface area (Å²) in [6.07, 6.45) is 4.59. The summed E-state index contributed by atoms with van der Waals surface area (Å²) >= 11 is 6.44. The first-order chi connectivity index (χ1) is 22.0. The molecular weight excluding hydrogens is 609 g/mol. The molecule has 1 aromatic heterocycles. The van der Waals surface area contributed by atoms with E-state index in [0.717, 1.165) is 27.3 Å². The lowest BCUT2D eigenvalue weighted by Gasteiger charge is -2.44. The summed E-state index contributed by atoms with van der Waals surface area (Å²) in [6, 6.07) is 16.0. The molecule has 0 spiro atoms. The Hall–Kier alpha value is -4.32. The van der Waals surface area contributed by atoms with Crippen LogP contribution in [0.25, 0.3) is 11.6 Å². The number of hydrogen-bond acceptors (Lipinski definition) is 8. The number of carbonyl (C=O) groups is 2. The number of fused-ring (bicyclic) bond motifs is 3. The summed E-state index contributed by atoms with van der Waals surface area (Å²) in [5, 5.41) is 32.6. The van der Waals surface area contributed by atoms with Crippen molar-refractivity contribution in [3.63, 3.8) is 0 Å². The standard InChI is InChI=1S/C34H33BClN3O7/c1-19(2)25-17-26-32(34(42)38(33(26)41)22-6-5-7-23(15-22)39(44)45)27-18-35(43)46-30(31(25)27)12-10-21(29-8-3-4-13-37-29)14-20-9-11-24(40)16-28(20)36/h3-9,11,13-16,19,26-27,30,32,40,43H,10,12,17-18H2,1-2H3/b21-14-/t26-,27+,30-,32-/m1/s1. The second kappa shape index (κ2) is 12.8. The fourth-order valence-corrected chi connectivity index (χ4v) is 7.41. The predicted octanol–water partition coefficient (Wildman–Crippen LogP) is 6.33. The highest BCUT2D eigenvalue weighted by molar-refractivity contribution is 6.43. The number of hydrogen-bond donors (Lipinski definition) is 2. The summed E-state index contributed by atoms with van der Waals surface area (Å²) < 4.78 is 6.18. The van der Waals surface area contributed by atoms with E-state index in [9.17, 15) is 29.8 Å². The van der Waals surface area contributed by atoms with Crippen LogP contribution < -0.4 is 4.90 Å². The third-order valence-electron chi connectivity index (χ3n) is 9.22. The van der Waals surface area contributed by atoms with Crippen LogP contribution in [-0.2, 0) is 14.2 Å². The van der Waals surface area contributed by atoms with Crippen LogP contribution >= 0.6 is 11.6 Å². The van der Waals surface area contributed by atoms with Crippen molar-refractivity contribution in [2.45, 2.75) is 45.5 Å². The zero-order chi connectivity index (χ0) is 32.7. The Labute approximate surface area is 271 Å². The van der Waals surface area contributed by atoms with E-state index in [1.807, 2.05) is 38.1 Å². The van der Waals surface area contributed by atoms with Gasteiger partial charge in [-0.25, -0.2) is 4.90 Å². The Morgan fingerprint density at radius 2 is 1.96 bits per heavy atom. The molecule has 46 heavy (non-hydrogen) atoms. The minimum Gasteiger partial charge on any atom is -0.508 e. The average Bonchev–Trinajstić information content (AvgIpc) is 3.29. The number of aromatic hydroxyl groups is 1. The monoisotopic (exact) mass is 641 g/mol. The molecule has 2 saturated heterocycles. The van der Waals surface area contributed by atoms with E-state index in [2.05, 4.69) is 4.98 Å². The largest absolute Gasteiger partial charge is 0.508 e. The second-order valence-corrected chi connectivity index (χ2v) is 12.7. The number of aromatic nitrogens is 1. The van der Waals surface area contributed by atoms with Crippen molar-refractivity contribution in [1.29, 1.82) is 0 Å². The molecule has 3 aliphatic rings. The van der Waals surface area contributed by atoms with Crippen LogP contribution in [0, 0.1) is 33.8 Å². The van der Waals surface area contributed by atoms with E-state index >= 15 is 0 Å². The van der Waals surface area contributed by atoms with E-state index in [-0.39, 0.29) is 35.3 Å². The Morgan fingerprint density at radius 1 is 1.15 bits per heavy atom. The summed E-state index contributed by atoms with van der Waals surface area (Å²) in [4.78, 5) is 44.4. The number of amides is 2. The van der Waals surface area contributed by atoms with Crippen molar-refractivity contribution in [2.24, 2.45) is 23.7 Å². The van der Waals surface area contributed by atoms with E-state index in [4.69, 9.17) is 16.3 Å². The number of nitro groups is 1. The van der Waals surface area contributed by atoms with Gasteiger partial charge in [0.2, 0.25) is 11.8 Å². The average molecular weight is 642 g/mol. The number of nitro benzene ring substituents is 1. The third-order valence-corrected chi connectivity index (χ3v) is 9.55. The molecule has 2 fully saturated rings. The van der Waals surface area contributed by atoms with Crippen LogP contribution in [-0.4, -0.2) is 45.1 Å². The van der Waals surface area contributed by atoms with Crippen LogP contribution in [0.1, 0.15) is 44.4 Å². The zero-order valence-electron chi connectivity index (χ0n) is 25.4. The minimum atomic E-state index is -1.14. The molecule has 10 nitrogen and oxygen atoms in total. The number of imide groups is 1. The molecule has 236 valence electrons. The number of carbonyl (C=O) groups excluding carboxylic acids is 2. The molecule has 2 aromatic carbocycles. The fraction of sp³-hybridized carbons (Fsp3) is 0.324. The maximum absolute atomic E-state index is 14.0. The highest BCUT2D eigenvalue weighted by atomic mass is 35.5. The number of rotatable bonds is 8. The van der Waals surface area contributed by atoms with Gasteiger partial charge in [0.25, 0.3) is 5.69 Å². The Bertz CT molecular complexity index is 1760. The first-order valence-electron chi connectivity index (χ1n) is 15.3. The summed E-state index contributed by atoms with van der Waals surface area (Å²) in [5.74, 6) is -2.46. The Kier molecular flexibility index (Phi) is 8.83. The summed E-state index contributed by atoms with van der Waals surface area (Å²) in [5.41, 5.74) is 4.28. The van der Waals surface area contributed by atoms with Crippen LogP contribution in [0.4, 0.5) is 11.4 Å². The molecule has 0 radical (unpaired) electrons. The molecular formula is C34H33BClN3O7. The molecule has 4 atom stereocenters. The van der Waals surface area contributed by atoms with Crippen LogP contribution in [0.3, 0.4) is 0 Å². The summed E-state index contributed by atoms with van der Waals surface area (Å²) in [7, 11) is -1.14. The highest BCUT2D eigenvalue weighted by Gasteiger charge is 2.58. The molecule has 2 N–H and O–H groups in total. The van der Waals surface area contributed by atoms with Gasteiger partial charge in [0.15, 0.2) is 0 Å². The molecule has 6 rings (SSSR count). The van der Waals surface area contributed by atoms with Gasteiger partial charge in [-0.05, 0) is 96.6 Å². The maximum atomic E-state index is 14.0. The van der Waals surface area contributed by atoms with Gasteiger partial charge in [0.1, 0.15) is 5.75 Å². The normalized spacial score (nSPS) is 23.2. The summed E-state index contributed by atoms with van der Waals surface area (Å²) in [6.45, 7) is 4.10. The van der Waals surface area contributed by atoms with E-state index in [1.165, 1.54) is 30.3 Å². The number of phenolic OH excluding ortho intramolecular Hbond substituents is 1. The van der Waals surface area contributed by atoms with E-state index < -0.39 is 41.8 Å². The van der Waals surface area contributed by atoms with Gasteiger partial charge in [-0.15, -0.1) is 0 Å². The quantitative estimate of drug-likeness (QED) is 0.0955. The molecule has 0 unspecified atom stereocenters. The van der Waals surface area contributed by atoms with Crippen molar-refractivity contribution in [2.75, 3.05) is 4.90 Å². The van der Waals surface area contributed by atoms with Gasteiger partial charge in [-0.2, -0.15) is 0 Å². The number of benzene rings is 2. The highest BCUT2D eigenvalue weighted by Crippen LogP contribution is 2.52. The lowest BCUT2D eigenvalue weighted by atomic mass is 9.57. The maximum Gasteiger partial charge on any atom is 0.455 e. The SMILES string of the molecule is CC(C)C1=C2[C@@H](CC/C(=C/c3ccc(O)cc3Cl)c3ccccn3)OB(O)C[C@@H]2[C@@H]2C(=O)N(c3cccc([N+](=O)[O-])c3)C(=O)[C@@H]2C1. The molecule has 2 aliphatic heterocycles. The zero-order valence-corrected chi connectivity index (χ0v) is 26.1. The molecule has 3 aromatic rings. The fourth-order valence-electron chi connectivity index (χ4n) is 7.18. The number of halogens is 1. The van der Waals surface area contributed by atoms with Crippen molar-refractivity contribution < 1.29 is 29.3 Å². The van der Waals surface area contributed by atoms with Crippen molar-refractivity contribution >= 4 is 53.6 Å². The first kappa shape index (κ1) is 31.7. The lowest BCUT2D eigenvalue weighted by molar-refractivity contribution is -0.384. The Balaban J connectivity index is 1.34. The van der Waals surface area contributed by atoms with Gasteiger partial charge in [-0.1, -0.05) is 43.2 Å². The van der Waals surface area contributed by atoms with Gasteiger partial charge in [0, 0.05) is 18.3 Å². The number of nitrogens with zero attached hydrogens (tertiary/aromatic N) is 3. The molecule has 12 heteroatoms. The van der Waals surface area contributed by atoms with Gasteiger partial charge >= 0.3 is 7.12 Å². The van der Waals surface area contributed by atoms with E-state index in [1.54, 1.807) is 18.3 Å². The minimum absolute atomic E-state index is 0.0520. The Morgan fingerprint density at radius 3 is 2.65 bits per heavy atom. The molecule has 0 bridgehead atoms. The first-order valence-corrected chi connectivity index (χ1v) is 15.7. The number of non-ortho nitro benzene ring substituents is 1. The van der Waals surface area contributed by atoms with Gasteiger partial charge in [0.05, 0.1) is 39.3 Å². The second-order valence-electron chi connectivity index (χ2n) is 12.3. The van der Waals surface area contributed by atoms with Crippen molar-refractivity contribution in [3.8, 4) is 5.75 Å². The lowest BCUT2D eigenvalue weighted by Crippen LogP contribution is -2.46.